The van der Waals surface area contributed by atoms with Crippen molar-refractivity contribution in [3.8, 4) is 23.3 Å². The molecule has 4 aromatic rings. The number of anilines is 2. The van der Waals surface area contributed by atoms with Crippen LogP contribution in [0.25, 0.3) is 16.6 Å². The average Bonchev–Trinajstić information content (AvgIpc) is 3.46. The normalized spacial score (nSPS) is 17.5. The summed E-state index contributed by atoms with van der Waals surface area (Å²) in [4.78, 5) is 31.8. The molecule has 0 bridgehead atoms. The Balaban J connectivity index is 1.24. The van der Waals surface area contributed by atoms with Gasteiger partial charge in [-0.25, -0.2) is 18.1 Å². The summed E-state index contributed by atoms with van der Waals surface area (Å²) in [5.41, 5.74) is 1.98. The van der Waals surface area contributed by atoms with Gasteiger partial charge in [-0.2, -0.15) is 5.26 Å². The second-order valence-electron chi connectivity index (χ2n) is 11.0. The number of aromatic nitrogens is 2. The van der Waals surface area contributed by atoms with Crippen LogP contribution in [0.1, 0.15) is 37.7 Å². The van der Waals surface area contributed by atoms with Crippen LogP contribution in [0.15, 0.2) is 65.7 Å². The lowest BCUT2D eigenvalue weighted by molar-refractivity contribution is -0.120. The molecule has 1 unspecified atom stereocenters. The fourth-order valence-electron chi connectivity index (χ4n) is 5.57. The quantitative estimate of drug-likeness (QED) is 0.233. The summed E-state index contributed by atoms with van der Waals surface area (Å²) in [5.74, 6) is -0.547. The first-order valence-corrected chi connectivity index (χ1v) is 15.2. The zero-order valence-corrected chi connectivity index (χ0v) is 24.8. The van der Waals surface area contributed by atoms with Gasteiger partial charge in [-0.3, -0.25) is 14.2 Å². The van der Waals surface area contributed by atoms with E-state index in [-0.39, 0.29) is 40.6 Å². The van der Waals surface area contributed by atoms with Crippen molar-refractivity contribution >= 4 is 40.2 Å². The van der Waals surface area contributed by atoms with Gasteiger partial charge in [0.15, 0.2) is 11.6 Å². The van der Waals surface area contributed by atoms with E-state index in [1.807, 2.05) is 37.4 Å². The van der Waals surface area contributed by atoms with Gasteiger partial charge < -0.3 is 14.4 Å². The first kappa shape index (κ1) is 29.6. The molecular formula is C32H30F2N6O3S. The zero-order valence-electron chi connectivity index (χ0n) is 24.0. The number of nitrogens with one attached hydrogen (secondary N) is 1. The number of alkyl halides is 1. The van der Waals surface area contributed by atoms with Gasteiger partial charge >= 0.3 is 0 Å². The van der Waals surface area contributed by atoms with Gasteiger partial charge in [-0.05, 0) is 73.9 Å². The smallest absolute Gasteiger partial charge is 0.265 e. The molecule has 3 aromatic carbocycles. The molecule has 2 fully saturated rings. The summed E-state index contributed by atoms with van der Waals surface area (Å²) in [6.45, 7) is 0.816. The number of ketones is 1. The van der Waals surface area contributed by atoms with Crippen LogP contribution < -0.4 is 19.9 Å². The van der Waals surface area contributed by atoms with E-state index in [0.717, 1.165) is 30.7 Å². The molecule has 1 aliphatic carbocycles. The molecular weight excluding hydrogens is 586 g/mol. The van der Waals surface area contributed by atoms with Crippen molar-refractivity contribution < 1.29 is 18.3 Å². The third-order valence-corrected chi connectivity index (χ3v) is 9.05. The lowest BCUT2D eigenvalue weighted by Gasteiger charge is -2.32. The van der Waals surface area contributed by atoms with Gasteiger partial charge in [-0.15, -0.1) is 0 Å². The Morgan fingerprint density at radius 3 is 2.57 bits per heavy atom. The fourth-order valence-corrected chi connectivity index (χ4v) is 6.41. The summed E-state index contributed by atoms with van der Waals surface area (Å²) in [6.07, 6.45) is 3.85. The van der Waals surface area contributed by atoms with E-state index >= 15 is 0 Å². The van der Waals surface area contributed by atoms with Gasteiger partial charge in [0.1, 0.15) is 35.7 Å². The monoisotopic (exact) mass is 616 g/mol. The minimum Gasteiger partial charge on any atom is -0.453 e. The van der Waals surface area contributed by atoms with E-state index < -0.39 is 12.0 Å². The van der Waals surface area contributed by atoms with Gasteiger partial charge in [0.25, 0.3) is 5.56 Å². The van der Waals surface area contributed by atoms with Crippen LogP contribution in [-0.2, 0) is 4.79 Å². The molecule has 12 heteroatoms. The van der Waals surface area contributed by atoms with Crippen LogP contribution in [0.2, 0.25) is 0 Å². The first-order valence-electron chi connectivity index (χ1n) is 14.4. The highest BCUT2D eigenvalue weighted by atomic mass is 32.2. The summed E-state index contributed by atoms with van der Waals surface area (Å²) in [5, 5.41) is 10.1. The highest BCUT2D eigenvalue weighted by Crippen LogP contribution is 2.35. The molecule has 44 heavy (non-hydrogen) atoms. The van der Waals surface area contributed by atoms with Crippen molar-refractivity contribution in [3.05, 3.63) is 82.7 Å². The molecule has 226 valence electrons. The number of Topliss-reactive ketones (excluding diaryl/α,β-unsaturated/α-hetero) is 1. The number of nitrogens with zero attached hydrogens (tertiary/aromatic N) is 5. The van der Waals surface area contributed by atoms with Gasteiger partial charge in [0.2, 0.25) is 0 Å². The van der Waals surface area contributed by atoms with E-state index in [9.17, 15) is 23.6 Å². The Labute approximate surface area is 257 Å². The molecule has 1 saturated heterocycles. The summed E-state index contributed by atoms with van der Waals surface area (Å²) >= 11 is 1.15. The van der Waals surface area contributed by atoms with Crippen LogP contribution in [-0.4, -0.2) is 52.0 Å². The maximum absolute atomic E-state index is 14.9. The van der Waals surface area contributed by atoms with Gasteiger partial charge in [0, 0.05) is 56.8 Å². The van der Waals surface area contributed by atoms with E-state index in [4.69, 9.17) is 4.74 Å². The zero-order chi connectivity index (χ0) is 30.8. The van der Waals surface area contributed by atoms with Crippen LogP contribution in [0, 0.1) is 17.1 Å². The van der Waals surface area contributed by atoms with E-state index in [2.05, 4.69) is 14.6 Å². The number of carbonyl (C=O) groups excluding carboxylic acids is 1. The molecule has 6 rings (SSSR count). The molecule has 1 atom stereocenters. The number of fused-ring (bicyclic) bond motifs is 1. The number of ether oxygens (including phenoxy) is 1. The van der Waals surface area contributed by atoms with Gasteiger partial charge in [0.05, 0.1) is 22.3 Å². The third-order valence-electron chi connectivity index (χ3n) is 8.14. The van der Waals surface area contributed by atoms with E-state index in [0.29, 0.717) is 48.5 Å². The van der Waals surface area contributed by atoms with Crippen LogP contribution >= 0.6 is 12.1 Å². The van der Waals surface area contributed by atoms with Crippen LogP contribution in [0.3, 0.4) is 0 Å². The van der Waals surface area contributed by atoms with Crippen LogP contribution in [0.5, 0.6) is 11.5 Å². The maximum Gasteiger partial charge on any atom is 0.265 e. The topological polar surface area (TPSA) is 103 Å². The number of rotatable bonds is 8. The van der Waals surface area contributed by atoms with Crippen molar-refractivity contribution in [3.63, 3.8) is 0 Å². The Hall–Kier alpha value is -4.47. The molecule has 0 spiro atoms. The highest BCUT2D eigenvalue weighted by Gasteiger charge is 2.24. The van der Waals surface area contributed by atoms with Crippen LogP contribution in [0.4, 0.5) is 20.2 Å². The summed E-state index contributed by atoms with van der Waals surface area (Å²) in [6, 6.07) is 17.1. The number of carbonyl (C=O) groups is 1. The molecule has 2 aliphatic rings. The Morgan fingerprint density at radius 2 is 1.86 bits per heavy atom. The number of nitriles is 1. The second-order valence-corrected chi connectivity index (χ2v) is 11.9. The Bertz CT molecular complexity index is 1800. The lowest BCUT2D eigenvalue weighted by atomic mass is 9.93. The fraction of sp³-hybridized carbons (Fsp3) is 0.312. The molecule has 1 N–H and O–H groups in total. The van der Waals surface area contributed by atoms with E-state index in [1.54, 1.807) is 16.4 Å². The molecule has 1 saturated carbocycles. The largest absolute Gasteiger partial charge is 0.453 e. The number of benzene rings is 3. The molecule has 2 heterocycles. The second kappa shape index (κ2) is 12.6. The van der Waals surface area contributed by atoms with Crippen molar-refractivity contribution in [1.29, 1.82) is 5.26 Å². The standard InChI is InChI=1S/C32H30F2N6O3S/c1-38(22-6-8-24(41)9-7-22)21-2-4-23(5-3-21)40-19-36-29-12-10-25(16-26(29)32(40)42)43-31-27(17-35)30(13-11-28(31)34)37-44-39-15-14-20(33)18-39/h2-5,10-13,16,19-20,22,37H,6-9,14-15,18H2,1H3. The maximum atomic E-state index is 14.9. The van der Waals surface area contributed by atoms with Gasteiger partial charge in [-0.1, -0.05) is 0 Å². The summed E-state index contributed by atoms with van der Waals surface area (Å²) < 4.78 is 40.6. The minimum absolute atomic E-state index is 0.0536. The average molecular weight is 617 g/mol. The molecule has 0 amide bonds. The highest BCUT2D eigenvalue weighted by molar-refractivity contribution is 7.98. The summed E-state index contributed by atoms with van der Waals surface area (Å²) in [7, 11) is 2.01. The predicted octanol–water partition coefficient (Wildman–Crippen LogP) is 6.16. The number of halogens is 2. The first-order chi connectivity index (χ1) is 21.3. The Kier molecular flexibility index (Phi) is 8.50. The molecule has 0 radical (unpaired) electrons. The molecule has 9 nitrogen and oxygen atoms in total. The van der Waals surface area contributed by atoms with Crippen molar-refractivity contribution in [2.75, 3.05) is 29.8 Å². The molecule has 1 aliphatic heterocycles. The number of hydrogen-bond acceptors (Lipinski definition) is 9. The van der Waals surface area contributed by atoms with Crippen molar-refractivity contribution in [1.82, 2.24) is 13.9 Å². The van der Waals surface area contributed by atoms with E-state index in [1.165, 1.54) is 29.1 Å². The van der Waals surface area contributed by atoms with Crippen molar-refractivity contribution in [2.45, 2.75) is 44.3 Å². The SMILES string of the molecule is CN(c1ccc(-n2cnc3ccc(Oc4c(F)ccc(NSN5CCC(F)C5)c4C#N)cc3c2=O)cc1)C1CCC(=O)CC1. The number of hydrogen-bond donors (Lipinski definition) is 1. The van der Waals surface area contributed by atoms with Crippen molar-refractivity contribution in [2.24, 2.45) is 0 Å². The predicted molar refractivity (Wildman–Crippen MR) is 166 cm³/mol. The Morgan fingerprint density at radius 1 is 1.09 bits per heavy atom. The minimum atomic E-state index is -0.903. The molecule has 1 aromatic heterocycles. The third kappa shape index (κ3) is 6.11. The lowest BCUT2D eigenvalue weighted by Crippen LogP contribution is -2.35.